The second-order valence-corrected chi connectivity index (χ2v) is 6.00. The lowest BCUT2D eigenvalue weighted by molar-refractivity contribution is 0.165. The molecule has 0 aromatic rings. The SMILES string of the molecule is CC1CCN(C(=O)NC(C)C2CCNCC2)CC1. The van der Waals surface area contributed by atoms with E-state index in [9.17, 15) is 4.79 Å². The molecule has 0 aromatic heterocycles. The summed E-state index contributed by atoms with van der Waals surface area (Å²) in [4.78, 5) is 14.1. The third kappa shape index (κ3) is 3.61. The number of carbonyl (C=O) groups is 1. The molecule has 2 heterocycles. The molecule has 4 heteroatoms. The Morgan fingerprint density at radius 2 is 1.83 bits per heavy atom. The number of hydrogen-bond donors (Lipinski definition) is 2. The largest absolute Gasteiger partial charge is 0.335 e. The maximum Gasteiger partial charge on any atom is 0.317 e. The molecule has 2 saturated heterocycles. The van der Waals surface area contributed by atoms with Gasteiger partial charge in [0.1, 0.15) is 0 Å². The van der Waals surface area contributed by atoms with Crippen molar-refractivity contribution in [1.82, 2.24) is 15.5 Å². The molecule has 2 fully saturated rings. The van der Waals surface area contributed by atoms with Crippen LogP contribution >= 0.6 is 0 Å². The molecule has 18 heavy (non-hydrogen) atoms. The first kappa shape index (κ1) is 13.7. The van der Waals surface area contributed by atoms with Crippen LogP contribution < -0.4 is 10.6 Å². The number of amides is 2. The average Bonchev–Trinajstić information content (AvgIpc) is 2.40. The average molecular weight is 253 g/mol. The molecule has 1 unspecified atom stereocenters. The predicted octanol–water partition coefficient (Wildman–Crippen LogP) is 1.82. The molecule has 2 N–H and O–H groups in total. The van der Waals surface area contributed by atoms with Crippen LogP contribution in [-0.4, -0.2) is 43.2 Å². The number of nitrogens with one attached hydrogen (secondary N) is 2. The summed E-state index contributed by atoms with van der Waals surface area (Å²) in [5.74, 6) is 1.41. The first-order chi connectivity index (χ1) is 8.66. The lowest BCUT2D eigenvalue weighted by atomic mass is 9.91. The van der Waals surface area contributed by atoms with Crippen LogP contribution in [0.25, 0.3) is 0 Å². The van der Waals surface area contributed by atoms with Crippen LogP contribution in [0.4, 0.5) is 4.79 Å². The fraction of sp³-hybridized carbons (Fsp3) is 0.929. The Morgan fingerprint density at radius 1 is 1.22 bits per heavy atom. The van der Waals surface area contributed by atoms with Crippen molar-refractivity contribution in [2.75, 3.05) is 26.2 Å². The molecule has 2 aliphatic rings. The van der Waals surface area contributed by atoms with Gasteiger partial charge in [0, 0.05) is 19.1 Å². The van der Waals surface area contributed by atoms with E-state index < -0.39 is 0 Å². The monoisotopic (exact) mass is 253 g/mol. The summed E-state index contributed by atoms with van der Waals surface area (Å²) in [7, 11) is 0. The summed E-state index contributed by atoms with van der Waals surface area (Å²) in [6, 6.07) is 0.451. The van der Waals surface area contributed by atoms with Gasteiger partial charge in [0.05, 0.1) is 0 Å². The van der Waals surface area contributed by atoms with Crippen LogP contribution in [0.15, 0.2) is 0 Å². The second-order valence-electron chi connectivity index (χ2n) is 6.00. The van der Waals surface area contributed by atoms with Crippen molar-refractivity contribution in [2.45, 2.75) is 45.6 Å². The maximum absolute atomic E-state index is 12.2. The van der Waals surface area contributed by atoms with Gasteiger partial charge in [0.15, 0.2) is 0 Å². The first-order valence-electron chi connectivity index (χ1n) is 7.43. The number of urea groups is 1. The number of hydrogen-bond acceptors (Lipinski definition) is 2. The fourth-order valence-corrected chi connectivity index (χ4v) is 2.96. The fourth-order valence-electron chi connectivity index (χ4n) is 2.96. The number of likely N-dealkylation sites (tertiary alicyclic amines) is 1. The highest BCUT2D eigenvalue weighted by atomic mass is 16.2. The zero-order chi connectivity index (χ0) is 13.0. The van der Waals surface area contributed by atoms with E-state index in [-0.39, 0.29) is 6.03 Å². The van der Waals surface area contributed by atoms with Gasteiger partial charge in [-0.1, -0.05) is 6.92 Å². The van der Waals surface area contributed by atoms with Gasteiger partial charge in [-0.15, -0.1) is 0 Å². The highest BCUT2D eigenvalue weighted by Crippen LogP contribution is 2.18. The third-order valence-corrected chi connectivity index (χ3v) is 4.51. The molecular formula is C14H27N3O. The molecule has 0 radical (unpaired) electrons. The molecule has 0 aliphatic carbocycles. The summed E-state index contributed by atoms with van der Waals surface area (Å²) in [5.41, 5.74) is 0. The molecule has 0 bridgehead atoms. The predicted molar refractivity (Wildman–Crippen MR) is 73.6 cm³/mol. The zero-order valence-electron chi connectivity index (χ0n) is 11.7. The minimum atomic E-state index is 0.146. The van der Waals surface area contributed by atoms with E-state index >= 15 is 0 Å². The van der Waals surface area contributed by atoms with Gasteiger partial charge < -0.3 is 15.5 Å². The minimum absolute atomic E-state index is 0.146. The van der Waals surface area contributed by atoms with Crippen molar-refractivity contribution in [3.8, 4) is 0 Å². The van der Waals surface area contributed by atoms with Crippen molar-refractivity contribution in [2.24, 2.45) is 11.8 Å². The van der Waals surface area contributed by atoms with E-state index in [1.165, 1.54) is 12.8 Å². The smallest absolute Gasteiger partial charge is 0.317 e. The molecule has 2 amide bonds. The number of piperidine rings is 2. The lowest BCUT2D eigenvalue weighted by Crippen LogP contribution is -2.50. The van der Waals surface area contributed by atoms with Gasteiger partial charge in [-0.25, -0.2) is 4.79 Å². The van der Waals surface area contributed by atoms with Crippen molar-refractivity contribution >= 4 is 6.03 Å². The van der Waals surface area contributed by atoms with Crippen LogP contribution in [0.3, 0.4) is 0 Å². The van der Waals surface area contributed by atoms with E-state index in [4.69, 9.17) is 0 Å². The van der Waals surface area contributed by atoms with Crippen molar-refractivity contribution < 1.29 is 4.79 Å². The van der Waals surface area contributed by atoms with Gasteiger partial charge in [-0.05, 0) is 57.5 Å². The minimum Gasteiger partial charge on any atom is -0.335 e. The standard InChI is InChI=1S/C14H27N3O/c1-11-5-9-17(10-6-11)14(18)16-12(2)13-3-7-15-8-4-13/h11-13,15H,3-10H2,1-2H3,(H,16,18). The second kappa shape index (κ2) is 6.41. The van der Waals surface area contributed by atoms with Gasteiger partial charge in [0.2, 0.25) is 0 Å². The molecular weight excluding hydrogens is 226 g/mol. The number of nitrogens with zero attached hydrogens (tertiary/aromatic N) is 1. The molecule has 1 atom stereocenters. The Labute approximate surface area is 110 Å². The van der Waals surface area contributed by atoms with E-state index in [1.807, 2.05) is 4.90 Å². The van der Waals surface area contributed by atoms with Gasteiger partial charge in [0.25, 0.3) is 0 Å². The summed E-state index contributed by atoms with van der Waals surface area (Å²) < 4.78 is 0. The Morgan fingerprint density at radius 3 is 2.44 bits per heavy atom. The molecule has 104 valence electrons. The van der Waals surface area contributed by atoms with Crippen molar-refractivity contribution in [3.05, 3.63) is 0 Å². The maximum atomic E-state index is 12.2. The van der Waals surface area contributed by atoms with E-state index in [1.54, 1.807) is 0 Å². The van der Waals surface area contributed by atoms with E-state index in [2.05, 4.69) is 24.5 Å². The van der Waals surface area contributed by atoms with Gasteiger partial charge in [-0.2, -0.15) is 0 Å². The zero-order valence-corrected chi connectivity index (χ0v) is 11.7. The Bertz CT molecular complexity index is 268. The lowest BCUT2D eigenvalue weighted by Gasteiger charge is -2.34. The summed E-state index contributed by atoms with van der Waals surface area (Å²) in [6.07, 6.45) is 4.65. The normalized spacial score (nSPS) is 24.9. The summed E-state index contributed by atoms with van der Waals surface area (Å²) >= 11 is 0. The van der Waals surface area contributed by atoms with Crippen molar-refractivity contribution in [1.29, 1.82) is 0 Å². The summed E-state index contributed by atoms with van der Waals surface area (Å²) in [5, 5.41) is 6.56. The molecule has 2 aliphatic heterocycles. The quantitative estimate of drug-likeness (QED) is 0.788. The molecule has 4 nitrogen and oxygen atoms in total. The van der Waals surface area contributed by atoms with Gasteiger partial charge >= 0.3 is 6.03 Å². The Hall–Kier alpha value is -0.770. The van der Waals surface area contributed by atoms with Crippen LogP contribution in [0.1, 0.15) is 39.5 Å². The van der Waals surface area contributed by atoms with Crippen LogP contribution in [0, 0.1) is 11.8 Å². The van der Waals surface area contributed by atoms with Gasteiger partial charge in [-0.3, -0.25) is 0 Å². The molecule has 0 saturated carbocycles. The van der Waals surface area contributed by atoms with Crippen LogP contribution in [0.5, 0.6) is 0 Å². The first-order valence-corrected chi connectivity index (χ1v) is 7.43. The van der Waals surface area contributed by atoms with Crippen LogP contribution in [0.2, 0.25) is 0 Å². The molecule has 2 rings (SSSR count). The topological polar surface area (TPSA) is 44.4 Å². The third-order valence-electron chi connectivity index (χ3n) is 4.51. The van der Waals surface area contributed by atoms with E-state index in [0.717, 1.165) is 44.9 Å². The van der Waals surface area contributed by atoms with Crippen LogP contribution in [-0.2, 0) is 0 Å². The summed E-state index contributed by atoms with van der Waals surface area (Å²) in [6.45, 7) is 8.45. The Balaban J connectivity index is 1.75. The highest BCUT2D eigenvalue weighted by Gasteiger charge is 2.25. The highest BCUT2D eigenvalue weighted by molar-refractivity contribution is 5.74. The number of rotatable bonds is 2. The Kier molecular flexibility index (Phi) is 4.87. The van der Waals surface area contributed by atoms with Crippen molar-refractivity contribution in [3.63, 3.8) is 0 Å². The molecule has 0 spiro atoms. The molecule has 0 aromatic carbocycles. The number of carbonyl (C=O) groups excluding carboxylic acids is 1. The van der Waals surface area contributed by atoms with E-state index in [0.29, 0.717) is 12.0 Å².